The fourth-order valence-electron chi connectivity index (χ4n) is 2.10. The Balaban J connectivity index is 1.62. The number of benzene rings is 1. The molecule has 1 aromatic carbocycles. The standard InChI is InChI=1S/C17H15FN2O4/c1-10-16(11(2)24-20-10)19-17(21)15-8-7-14(23-15)9-22-13-5-3-12(18)4-6-13/h3-8H,9H2,1-2H3,(H,19,21). The van der Waals surface area contributed by atoms with Gasteiger partial charge in [-0.05, 0) is 50.2 Å². The van der Waals surface area contributed by atoms with Gasteiger partial charge in [0.05, 0.1) is 0 Å². The van der Waals surface area contributed by atoms with Crippen LogP contribution in [0.5, 0.6) is 5.75 Å². The Bertz CT molecular complexity index is 832. The number of anilines is 1. The Hall–Kier alpha value is -3.09. The van der Waals surface area contributed by atoms with Crippen molar-refractivity contribution in [3.8, 4) is 5.75 Å². The minimum atomic E-state index is -0.405. The van der Waals surface area contributed by atoms with Crippen LogP contribution in [-0.2, 0) is 6.61 Å². The van der Waals surface area contributed by atoms with E-state index in [-0.39, 0.29) is 18.2 Å². The lowest BCUT2D eigenvalue weighted by atomic mass is 10.3. The molecule has 1 N–H and O–H groups in total. The Labute approximate surface area is 137 Å². The van der Waals surface area contributed by atoms with E-state index < -0.39 is 5.91 Å². The molecule has 0 saturated carbocycles. The molecule has 0 aliphatic heterocycles. The fraction of sp³-hybridized carbons (Fsp3) is 0.176. The monoisotopic (exact) mass is 330 g/mol. The van der Waals surface area contributed by atoms with Gasteiger partial charge in [-0.3, -0.25) is 4.79 Å². The highest BCUT2D eigenvalue weighted by atomic mass is 19.1. The summed E-state index contributed by atoms with van der Waals surface area (Å²) in [5, 5.41) is 6.47. The Kier molecular flexibility index (Phi) is 4.33. The number of furan rings is 1. The van der Waals surface area contributed by atoms with Crippen LogP contribution in [0, 0.1) is 19.7 Å². The third kappa shape index (κ3) is 3.45. The molecule has 0 aliphatic carbocycles. The van der Waals surface area contributed by atoms with Crippen molar-refractivity contribution in [1.82, 2.24) is 5.16 Å². The molecule has 0 spiro atoms. The smallest absolute Gasteiger partial charge is 0.291 e. The maximum atomic E-state index is 12.8. The number of rotatable bonds is 5. The van der Waals surface area contributed by atoms with Gasteiger partial charge in [0.2, 0.25) is 0 Å². The number of aromatic nitrogens is 1. The lowest BCUT2D eigenvalue weighted by Gasteiger charge is -2.04. The number of amides is 1. The van der Waals surface area contributed by atoms with Crippen molar-refractivity contribution >= 4 is 11.6 Å². The minimum Gasteiger partial charge on any atom is -0.486 e. The summed E-state index contributed by atoms with van der Waals surface area (Å²) in [6, 6.07) is 8.84. The molecule has 0 saturated heterocycles. The Morgan fingerprint density at radius 1 is 1.21 bits per heavy atom. The number of carbonyl (C=O) groups excluding carboxylic acids is 1. The Morgan fingerprint density at radius 3 is 2.62 bits per heavy atom. The summed E-state index contributed by atoms with van der Waals surface area (Å²) in [6.45, 7) is 3.57. The molecule has 0 unspecified atom stereocenters. The molecule has 1 amide bonds. The molecule has 0 aliphatic rings. The third-order valence-electron chi connectivity index (χ3n) is 3.35. The molecular formula is C17H15FN2O4. The van der Waals surface area contributed by atoms with Gasteiger partial charge in [-0.15, -0.1) is 0 Å². The molecule has 124 valence electrons. The number of nitrogens with zero attached hydrogens (tertiary/aromatic N) is 1. The molecule has 7 heteroatoms. The lowest BCUT2D eigenvalue weighted by Crippen LogP contribution is -2.12. The SMILES string of the molecule is Cc1noc(C)c1NC(=O)c1ccc(COc2ccc(F)cc2)o1. The normalized spacial score (nSPS) is 10.6. The van der Waals surface area contributed by atoms with E-state index in [0.717, 1.165) is 0 Å². The highest BCUT2D eigenvalue weighted by molar-refractivity contribution is 6.02. The summed E-state index contributed by atoms with van der Waals surface area (Å²) >= 11 is 0. The third-order valence-corrected chi connectivity index (χ3v) is 3.35. The van der Waals surface area contributed by atoms with Crippen LogP contribution >= 0.6 is 0 Å². The van der Waals surface area contributed by atoms with Crippen molar-refractivity contribution in [3.05, 3.63) is 65.2 Å². The van der Waals surface area contributed by atoms with Crippen LogP contribution in [0.15, 0.2) is 45.3 Å². The molecule has 2 aromatic heterocycles. The first kappa shape index (κ1) is 15.8. The second-order valence-electron chi connectivity index (χ2n) is 5.16. The highest BCUT2D eigenvalue weighted by Gasteiger charge is 2.16. The van der Waals surface area contributed by atoms with Crippen LogP contribution in [-0.4, -0.2) is 11.1 Å². The average molecular weight is 330 g/mol. The number of nitrogens with one attached hydrogen (secondary N) is 1. The zero-order valence-electron chi connectivity index (χ0n) is 13.1. The van der Waals surface area contributed by atoms with Crippen molar-refractivity contribution in [2.24, 2.45) is 0 Å². The highest BCUT2D eigenvalue weighted by Crippen LogP contribution is 2.20. The lowest BCUT2D eigenvalue weighted by molar-refractivity contribution is 0.0992. The maximum absolute atomic E-state index is 12.8. The molecule has 0 atom stereocenters. The van der Waals surface area contributed by atoms with Crippen LogP contribution in [0.4, 0.5) is 10.1 Å². The topological polar surface area (TPSA) is 77.5 Å². The quantitative estimate of drug-likeness (QED) is 0.769. The largest absolute Gasteiger partial charge is 0.486 e. The van der Waals surface area contributed by atoms with Gasteiger partial charge in [0.1, 0.15) is 35.3 Å². The van der Waals surface area contributed by atoms with E-state index in [9.17, 15) is 9.18 Å². The molecular weight excluding hydrogens is 315 g/mol. The van der Waals surface area contributed by atoms with Crippen LogP contribution in [0.3, 0.4) is 0 Å². The van der Waals surface area contributed by atoms with Gasteiger partial charge >= 0.3 is 0 Å². The van der Waals surface area contributed by atoms with E-state index in [2.05, 4.69) is 10.5 Å². The maximum Gasteiger partial charge on any atom is 0.291 e. The second kappa shape index (κ2) is 6.57. The van der Waals surface area contributed by atoms with Gasteiger partial charge in [-0.2, -0.15) is 0 Å². The zero-order valence-corrected chi connectivity index (χ0v) is 13.1. The van der Waals surface area contributed by atoms with Crippen LogP contribution < -0.4 is 10.1 Å². The van der Waals surface area contributed by atoms with Crippen molar-refractivity contribution in [2.75, 3.05) is 5.32 Å². The number of carbonyl (C=O) groups is 1. The second-order valence-corrected chi connectivity index (χ2v) is 5.16. The van der Waals surface area contributed by atoms with Gasteiger partial charge in [0, 0.05) is 0 Å². The van der Waals surface area contributed by atoms with Gasteiger partial charge in [-0.25, -0.2) is 4.39 Å². The molecule has 0 fully saturated rings. The summed E-state index contributed by atoms with van der Waals surface area (Å²) in [6.07, 6.45) is 0. The molecule has 0 bridgehead atoms. The summed E-state index contributed by atoms with van der Waals surface area (Å²) in [4.78, 5) is 12.2. The van der Waals surface area contributed by atoms with E-state index in [4.69, 9.17) is 13.7 Å². The van der Waals surface area contributed by atoms with Crippen molar-refractivity contribution in [1.29, 1.82) is 0 Å². The summed E-state index contributed by atoms with van der Waals surface area (Å²) in [5.41, 5.74) is 1.12. The first-order chi connectivity index (χ1) is 11.5. The Morgan fingerprint density at radius 2 is 1.96 bits per heavy atom. The summed E-state index contributed by atoms with van der Waals surface area (Å²) in [7, 11) is 0. The van der Waals surface area contributed by atoms with Gasteiger partial charge in [0.15, 0.2) is 11.5 Å². The molecule has 3 aromatic rings. The van der Waals surface area contributed by atoms with Crippen LogP contribution in [0.1, 0.15) is 27.8 Å². The summed E-state index contributed by atoms with van der Waals surface area (Å²) < 4.78 is 28.7. The van der Waals surface area contributed by atoms with Crippen molar-refractivity contribution in [2.45, 2.75) is 20.5 Å². The number of halogens is 1. The van der Waals surface area contributed by atoms with E-state index in [1.54, 1.807) is 26.0 Å². The van der Waals surface area contributed by atoms with E-state index in [1.807, 2.05) is 0 Å². The van der Waals surface area contributed by atoms with Gasteiger partial charge < -0.3 is 19.0 Å². The van der Waals surface area contributed by atoms with Gasteiger partial charge in [0.25, 0.3) is 5.91 Å². The fourth-order valence-corrected chi connectivity index (χ4v) is 2.10. The molecule has 6 nitrogen and oxygen atoms in total. The van der Waals surface area contributed by atoms with E-state index >= 15 is 0 Å². The molecule has 24 heavy (non-hydrogen) atoms. The van der Waals surface area contributed by atoms with Crippen molar-refractivity contribution in [3.63, 3.8) is 0 Å². The predicted octanol–water partition coefficient (Wildman–Crippen LogP) is 3.85. The first-order valence-electron chi connectivity index (χ1n) is 7.24. The number of ether oxygens (including phenoxy) is 1. The van der Waals surface area contributed by atoms with Gasteiger partial charge in [-0.1, -0.05) is 5.16 Å². The summed E-state index contributed by atoms with van der Waals surface area (Å²) in [5.74, 6) is 0.911. The molecule has 3 rings (SSSR count). The molecule has 2 heterocycles. The average Bonchev–Trinajstić information content (AvgIpc) is 3.16. The number of hydrogen-bond acceptors (Lipinski definition) is 5. The molecule has 0 radical (unpaired) electrons. The number of aryl methyl sites for hydroxylation is 2. The van der Waals surface area contributed by atoms with Crippen LogP contribution in [0.2, 0.25) is 0 Å². The van der Waals surface area contributed by atoms with Crippen LogP contribution in [0.25, 0.3) is 0 Å². The van der Waals surface area contributed by atoms with E-state index in [1.165, 1.54) is 24.3 Å². The van der Waals surface area contributed by atoms with Crippen molar-refractivity contribution < 1.29 is 22.9 Å². The minimum absolute atomic E-state index is 0.129. The predicted molar refractivity (Wildman–Crippen MR) is 83.4 cm³/mol. The first-order valence-corrected chi connectivity index (χ1v) is 7.24. The zero-order chi connectivity index (χ0) is 17.1. The number of hydrogen-bond donors (Lipinski definition) is 1. The van der Waals surface area contributed by atoms with E-state index in [0.29, 0.717) is 28.7 Å².